The lowest BCUT2D eigenvalue weighted by molar-refractivity contribution is -0.126. The van der Waals surface area contributed by atoms with Crippen molar-refractivity contribution in [1.29, 1.82) is 0 Å². The van der Waals surface area contributed by atoms with E-state index in [0.29, 0.717) is 0 Å². The van der Waals surface area contributed by atoms with Crippen molar-refractivity contribution in [1.82, 2.24) is 10.6 Å². The van der Waals surface area contributed by atoms with E-state index in [1.54, 1.807) is 0 Å². The molecule has 0 bridgehead atoms. The quantitative estimate of drug-likeness (QED) is 0.753. The van der Waals surface area contributed by atoms with E-state index in [0.717, 1.165) is 11.1 Å². The number of aryl methyl sites for hydroxylation is 1. The largest absolute Gasteiger partial charge is 0.346 e. The average molecular weight is 300 g/mol. The van der Waals surface area contributed by atoms with Gasteiger partial charge in [-0.05, 0) is 26.3 Å². The molecule has 0 spiro atoms. The lowest BCUT2D eigenvalue weighted by atomic mass is 9.93. The standard InChI is InChI=1S/C14H21N3O2.ClH/c1-10-5-4-6-11(7-10)14(2,3)17-13(19)9-16-12(18)8-15;/h4-7H,8-9,15H2,1-3H3,(H,16,18)(H,17,19);1H. The fourth-order valence-corrected chi connectivity index (χ4v) is 1.75. The zero-order valence-corrected chi connectivity index (χ0v) is 12.8. The zero-order chi connectivity index (χ0) is 14.5. The minimum atomic E-state index is -0.490. The third kappa shape index (κ3) is 5.59. The first-order chi connectivity index (χ1) is 8.85. The van der Waals surface area contributed by atoms with Gasteiger partial charge in [-0.15, -0.1) is 12.4 Å². The normalized spacial score (nSPS) is 10.4. The topological polar surface area (TPSA) is 84.2 Å². The number of nitrogens with one attached hydrogen (secondary N) is 2. The number of nitrogens with two attached hydrogens (primary N) is 1. The van der Waals surface area contributed by atoms with Crippen molar-refractivity contribution in [3.8, 4) is 0 Å². The third-order valence-electron chi connectivity index (χ3n) is 2.82. The molecular weight excluding hydrogens is 278 g/mol. The predicted molar refractivity (Wildman–Crippen MR) is 81.7 cm³/mol. The summed E-state index contributed by atoms with van der Waals surface area (Å²) in [5.74, 6) is -0.586. The van der Waals surface area contributed by atoms with E-state index in [9.17, 15) is 9.59 Å². The summed E-state index contributed by atoms with van der Waals surface area (Å²) >= 11 is 0. The van der Waals surface area contributed by atoms with E-state index >= 15 is 0 Å². The fourth-order valence-electron chi connectivity index (χ4n) is 1.75. The Hall–Kier alpha value is -1.59. The lowest BCUT2D eigenvalue weighted by Crippen LogP contribution is -2.46. The van der Waals surface area contributed by atoms with Gasteiger partial charge in [0.1, 0.15) is 0 Å². The predicted octanol–water partition coefficient (Wildman–Crippen LogP) is 0.843. The van der Waals surface area contributed by atoms with Gasteiger partial charge in [-0.25, -0.2) is 0 Å². The molecule has 0 aliphatic rings. The van der Waals surface area contributed by atoms with Gasteiger partial charge in [-0.3, -0.25) is 9.59 Å². The molecule has 1 aromatic carbocycles. The Balaban J connectivity index is 0.00000361. The lowest BCUT2D eigenvalue weighted by Gasteiger charge is -2.27. The van der Waals surface area contributed by atoms with Crippen molar-refractivity contribution in [3.63, 3.8) is 0 Å². The van der Waals surface area contributed by atoms with Gasteiger partial charge in [0, 0.05) is 0 Å². The Morgan fingerprint density at radius 1 is 1.25 bits per heavy atom. The first-order valence-corrected chi connectivity index (χ1v) is 6.20. The van der Waals surface area contributed by atoms with Crippen LogP contribution >= 0.6 is 12.4 Å². The Morgan fingerprint density at radius 3 is 2.45 bits per heavy atom. The van der Waals surface area contributed by atoms with E-state index in [1.807, 2.05) is 45.0 Å². The number of amides is 2. The molecule has 4 N–H and O–H groups in total. The number of hydrogen-bond acceptors (Lipinski definition) is 3. The Labute approximate surface area is 125 Å². The molecule has 2 amide bonds. The van der Waals surface area contributed by atoms with Crippen LogP contribution in [0.2, 0.25) is 0 Å². The second-order valence-electron chi connectivity index (χ2n) is 5.02. The molecule has 20 heavy (non-hydrogen) atoms. The summed E-state index contributed by atoms with van der Waals surface area (Å²) in [7, 11) is 0. The molecule has 6 heteroatoms. The van der Waals surface area contributed by atoms with Crippen LogP contribution in [0.25, 0.3) is 0 Å². The van der Waals surface area contributed by atoms with Gasteiger partial charge < -0.3 is 16.4 Å². The van der Waals surface area contributed by atoms with Gasteiger partial charge in [-0.2, -0.15) is 0 Å². The molecule has 112 valence electrons. The van der Waals surface area contributed by atoms with Crippen molar-refractivity contribution in [2.75, 3.05) is 13.1 Å². The summed E-state index contributed by atoms with van der Waals surface area (Å²) in [6, 6.07) is 7.95. The second-order valence-corrected chi connectivity index (χ2v) is 5.02. The van der Waals surface area contributed by atoms with E-state index in [4.69, 9.17) is 5.73 Å². The van der Waals surface area contributed by atoms with Gasteiger partial charge in [0.2, 0.25) is 11.8 Å². The smallest absolute Gasteiger partial charge is 0.240 e. The van der Waals surface area contributed by atoms with Crippen molar-refractivity contribution in [3.05, 3.63) is 35.4 Å². The zero-order valence-electron chi connectivity index (χ0n) is 12.0. The Kier molecular flexibility index (Phi) is 7.24. The van der Waals surface area contributed by atoms with E-state index in [-0.39, 0.29) is 37.3 Å². The monoisotopic (exact) mass is 299 g/mol. The summed E-state index contributed by atoms with van der Waals surface area (Å²) in [5.41, 5.74) is 6.81. The van der Waals surface area contributed by atoms with Crippen LogP contribution in [0, 0.1) is 6.92 Å². The van der Waals surface area contributed by atoms with Crippen LogP contribution in [0.4, 0.5) is 0 Å². The molecule has 0 aliphatic heterocycles. The highest BCUT2D eigenvalue weighted by molar-refractivity contribution is 5.86. The highest BCUT2D eigenvalue weighted by Crippen LogP contribution is 2.20. The molecular formula is C14H22ClN3O2. The summed E-state index contributed by atoms with van der Waals surface area (Å²) < 4.78 is 0. The van der Waals surface area contributed by atoms with Crippen molar-refractivity contribution in [2.24, 2.45) is 5.73 Å². The van der Waals surface area contributed by atoms with E-state index in [1.165, 1.54) is 0 Å². The van der Waals surface area contributed by atoms with Crippen LogP contribution in [0.15, 0.2) is 24.3 Å². The number of carbonyl (C=O) groups excluding carboxylic acids is 2. The van der Waals surface area contributed by atoms with Gasteiger partial charge in [0.05, 0.1) is 18.6 Å². The van der Waals surface area contributed by atoms with Gasteiger partial charge >= 0.3 is 0 Å². The van der Waals surface area contributed by atoms with Crippen molar-refractivity contribution < 1.29 is 9.59 Å². The second kappa shape index (κ2) is 7.87. The molecule has 0 atom stereocenters. The molecule has 0 fully saturated rings. The summed E-state index contributed by atoms with van der Waals surface area (Å²) in [6.07, 6.45) is 0. The maximum Gasteiger partial charge on any atom is 0.240 e. The number of benzene rings is 1. The van der Waals surface area contributed by atoms with Crippen molar-refractivity contribution in [2.45, 2.75) is 26.3 Å². The first kappa shape index (κ1) is 18.4. The number of halogens is 1. The Bertz CT molecular complexity index is 475. The minimum Gasteiger partial charge on any atom is -0.346 e. The molecule has 5 nitrogen and oxygen atoms in total. The van der Waals surface area contributed by atoms with Crippen molar-refractivity contribution >= 4 is 24.2 Å². The highest BCUT2D eigenvalue weighted by atomic mass is 35.5. The van der Waals surface area contributed by atoms with Crippen LogP contribution in [0.3, 0.4) is 0 Å². The van der Waals surface area contributed by atoms with Crippen LogP contribution < -0.4 is 16.4 Å². The van der Waals surface area contributed by atoms with Crippen LogP contribution in [0.5, 0.6) is 0 Å². The van der Waals surface area contributed by atoms with Crippen LogP contribution in [-0.2, 0) is 15.1 Å². The summed E-state index contributed by atoms with van der Waals surface area (Å²) in [4.78, 5) is 22.8. The Morgan fingerprint density at radius 2 is 1.90 bits per heavy atom. The SMILES string of the molecule is Cc1cccc(C(C)(C)NC(=O)CNC(=O)CN)c1.Cl. The molecule has 0 saturated carbocycles. The number of carbonyl (C=O) groups is 2. The molecule has 1 aromatic rings. The molecule has 0 saturated heterocycles. The summed E-state index contributed by atoms with van der Waals surface area (Å²) in [6.45, 7) is 5.66. The molecule has 0 aliphatic carbocycles. The number of rotatable bonds is 5. The molecule has 0 unspecified atom stereocenters. The molecule has 0 radical (unpaired) electrons. The maximum atomic E-state index is 11.8. The molecule has 0 aromatic heterocycles. The van der Waals surface area contributed by atoms with Gasteiger partial charge in [-0.1, -0.05) is 29.8 Å². The van der Waals surface area contributed by atoms with Crippen LogP contribution in [-0.4, -0.2) is 24.9 Å². The number of hydrogen-bond donors (Lipinski definition) is 3. The summed E-state index contributed by atoms with van der Waals surface area (Å²) in [5, 5.41) is 5.33. The first-order valence-electron chi connectivity index (χ1n) is 6.20. The van der Waals surface area contributed by atoms with Crippen LogP contribution in [0.1, 0.15) is 25.0 Å². The van der Waals surface area contributed by atoms with Gasteiger partial charge in [0.15, 0.2) is 0 Å². The van der Waals surface area contributed by atoms with E-state index in [2.05, 4.69) is 10.6 Å². The van der Waals surface area contributed by atoms with E-state index < -0.39 is 5.54 Å². The highest BCUT2D eigenvalue weighted by Gasteiger charge is 2.22. The average Bonchev–Trinajstić information content (AvgIpc) is 2.35. The fraction of sp³-hybridized carbons (Fsp3) is 0.429. The minimum absolute atomic E-state index is 0. The molecule has 1 rings (SSSR count). The third-order valence-corrected chi connectivity index (χ3v) is 2.82. The maximum absolute atomic E-state index is 11.8. The molecule has 0 heterocycles. The van der Waals surface area contributed by atoms with Gasteiger partial charge in [0.25, 0.3) is 0 Å².